The molecule has 1 fully saturated rings. The number of amides is 1. The molecule has 1 aliphatic rings. The molecule has 29 heavy (non-hydrogen) atoms. The van der Waals surface area contributed by atoms with Crippen LogP contribution >= 0.6 is 0 Å². The fourth-order valence-electron chi connectivity index (χ4n) is 3.59. The molecule has 0 radical (unpaired) electrons. The van der Waals surface area contributed by atoms with Gasteiger partial charge in [0.15, 0.2) is 0 Å². The van der Waals surface area contributed by atoms with Crippen molar-refractivity contribution in [3.05, 3.63) is 35.4 Å². The van der Waals surface area contributed by atoms with Gasteiger partial charge >= 0.3 is 6.09 Å². The zero-order valence-electron chi connectivity index (χ0n) is 17.3. The van der Waals surface area contributed by atoms with E-state index in [0.29, 0.717) is 35.9 Å². The number of benzene rings is 1. The van der Waals surface area contributed by atoms with E-state index in [0.717, 1.165) is 5.69 Å². The average Bonchev–Trinajstić information content (AvgIpc) is 2.60. The third kappa shape index (κ3) is 5.61. The lowest BCUT2D eigenvalue weighted by Crippen LogP contribution is -2.50. The van der Waals surface area contributed by atoms with E-state index in [2.05, 4.69) is 20.6 Å². The number of nitrogens with one attached hydrogen (secondary N) is 2. The first kappa shape index (κ1) is 21.4. The summed E-state index contributed by atoms with van der Waals surface area (Å²) in [7, 11) is 0. The van der Waals surface area contributed by atoms with Crippen molar-refractivity contribution >= 4 is 17.1 Å². The van der Waals surface area contributed by atoms with Crippen molar-refractivity contribution in [1.29, 1.82) is 0 Å². The molecule has 1 amide bonds. The van der Waals surface area contributed by atoms with E-state index in [4.69, 9.17) is 4.74 Å². The molecule has 3 N–H and O–H groups in total. The second-order valence-corrected chi connectivity index (χ2v) is 8.62. The van der Waals surface area contributed by atoms with Gasteiger partial charge in [-0.05, 0) is 59.1 Å². The molecule has 1 heterocycles. The van der Waals surface area contributed by atoms with Crippen molar-refractivity contribution in [2.24, 2.45) is 0 Å². The maximum Gasteiger partial charge on any atom is 0.407 e. The van der Waals surface area contributed by atoms with Crippen LogP contribution in [0, 0.1) is 12.7 Å². The Morgan fingerprint density at radius 2 is 2.10 bits per heavy atom. The Morgan fingerprint density at radius 3 is 2.79 bits per heavy atom. The highest BCUT2D eigenvalue weighted by atomic mass is 19.1. The number of nitrogens with zero attached hydrogens (tertiary/aromatic N) is 2. The predicted molar refractivity (Wildman–Crippen MR) is 108 cm³/mol. The summed E-state index contributed by atoms with van der Waals surface area (Å²) in [6.07, 6.45) is 2.28. The lowest BCUT2D eigenvalue weighted by Gasteiger charge is -2.34. The molecular formula is C21H29FN4O3. The quantitative estimate of drug-likeness (QED) is 0.725. The first-order chi connectivity index (χ1) is 13.6. The number of ether oxygens (including phenoxy) is 1. The Bertz CT molecular complexity index is 879. The average molecular weight is 404 g/mol. The summed E-state index contributed by atoms with van der Waals surface area (Å²) in [5, 5.41) is 16.6. The van der Waals surface area contributed by atoms with Gasteiger partial charge in [-0.2, -0.15) is 0 Å². The molecule has 3 rings (SSSR count). The van der Waals surface area contributed by atoms with Crippen molar-refractivity contribution in [2.75, 3.05) is 0 Å². The zero-order valence-corrected chi connectivity index (χ0v) is 17.3. The molecule has 1 aromatic carbocycles. The van der Waals surface area contributed by atoms with Crippen LogP contribution in [0.1, 0.15) is 51.3 Å². The molecule has 158 valence electrons. The summed E-state index contributed by atoms with van der Waals surface area (Å²) in [5.74, 6) is -0.348. The minimum absolute atomic E-state index is 0.152. The number of hydrogen-bond donors (Lipinski definition) is 3. The molecule has 0 spiro atoms. The number of halogens is 1. The second-order valence-electron chi connectivity index (χ2n) is 8.62. The highest BCUT2D eigenvalue weighted by molar-refractivity contribution is 5.78. The topological polar surface area (TPSA) is 96.4 Å². The van der Waals surface area contributed by atoms with Gasteiger partial charge < -0.3 is 20.5 Å². The Hall–Kier alpha value is -2.32. The van der Waals surface area contributed by atoms with E-state index >= 15 is 0 Å². The monoisotopic (exact) mass is 404 g/mol. The molecule has 1 saturated carbocycles. The number of carbonyl (C=O) groups excluding carboxylic acids is 1. The third-order valence-electron chi connectivity index (χ3n) is 4.96. The second kappa shape index (κ2) is 8.59. The van der Waals surface area contributed by atoms with Crippen LogP contribution in [0.2, 0.25) is 0 Å². The summed E-state index contributed by atoms with van der Waals surface area (Å²) in [4.78, 5) is 20.7. The van der Waals surface area contributed by atoms with Crippen LogP contribution in [0.25, 0.3) is 11.0 Å². The number of rotatable bonds is 4. The molecule has 8 heteroatoms. The Balaban J connectivity index is 1.59. The van der Waals surface area contributed by atoms with E-state index in [1.165, 1.54) is 6.07 Å². The van der Waals surface area contributed by atoms with E-state index in [1.54, 1.807) is 33.0 Å². The maximum atomic E-state index is 14.4. The van der Waals surface area contributed by atoms with Crippen molar-refractivity contribution in [3.63, 3.8) is 0 Å². The third-order valence-corrected chi connectivity index (χ3v) is 4.96. The molecule has 0 saturated heterocycles. The fraction of sp³-hybridized carbons (Fsp3) is 0.571. The Labute approximate surface area is 170 Å². The fourth-order valence-corrected chi connectivity index (χ4v) is 3.59. The first-order valence-corrected chi connectivity index (χ1v) is 9.94. The highest BCUT2D eigenvalue weighted by Gasteiger charge is 2.31. The maximum absolute atomic E-state index is 14.4. The normalized spacial score (nSPS) is 22.5. The zero-order chi connectivity index (χ0) is 21.2. The van der Waals surface area contributed by atoms with Gasteiger partial charge in [-0.1, -0.05) is 0 Å². The lowest BCUT2D eigenvalue weighted by molar-refractivity contribution is 0.0402. The van der Waals surface area contributed by atoms with Crippen molar-refractivity contribution < 1.29 is 19.0 Å². The summed E-state index contributed by atoms with van der Waals surface area (Å²) in [6, 6.07) is 2.66. The van der Waals surface area contributed by atoms with Crippen LogP contribution in [0.15, 0.2) is 18.3 Å². The summed E-state index contributed by atoms with van der Waals surface area (Å²) >= 11 is 0. The standard InChI is InChI=1S/C21H29FN4O3/c1-12-10-23-17-8-6-15(22)14(19(17)25-12)11-24-16-7-5-13(9-18(16)27)26-20(28)29-21(2,3)4/h6,8,10,13,16,18,24,27H,5,7,9,11H2,1-4H3,(H,26,28)/t13-,16-,18+/m0/s1. The van der Waals surface area contributed by atoms with Crippen LogP contribution in [-0.4, -0.2) is 45.0 Å². The first-order valence-electron chi connectivity index (χ1n) is 9.94. The van der Waals surface area contributed by atoms with Gasteiger partial charge in [0, 0.05) is 30.4 Å². The molecule has 0 aliphatic heterocycles. The minimum atomic E-state index is -0.658. The molecule has 7 nitrogen and oxygen atoms in total. The van der Waals surface area contributed by atoms with Gasteiger partial charge in [-0.15, -0.1) is 0 Å². The van der Waals surface area contributed by atoms with Gasteiger partial charge in [-0.25, -0.2) is 14.2 Å². The predicted octanol–water partition coefficient (Wildman–Crippen LogP) is 2.97. The lowest BCUT2D eigenvalue weighted by atomic mass is 9.88. The number of aryl methyl sites for hydroxylation is 1. The molecule has 1 aliphatic carbocycles. The number of aromatic nitrogens is 2. The van der Waals surface area contributed by atoms with Crippen LogP contribution in [0.3, 0.4) is 0 Å². The number of aliphatic hydroxyl groups is 1. The number of aliphatic hydroxyl groups excluding tert-OH is 1. The smallest absolute Gasteiger partial charge is 0.407 e. The SMILES string of the molecule is Cc1cnc2ccc(F)c(CN[C@H]3CC[C@H](NC(=O)OC(C)(C)C)C[C@H]3O)c2n1. The summed E-state index contributed by atoms with van der Waals surface area (Å²) < 4.78 is 19.7. The van der Waals surface area contributed by atoms with E-state index < -0.39 is 17.8 Å². The Morgan fingerprint density at radius 1 is 1.34 bits per heavy atom. The van der Waals surface area contributed by atoms with Gasteiger partial charge in [0.25, 0.3) is 0 Å². The molecule has 2 aromatic rings. The largest absolute Gasteiger partial charge is 0.444 e. The summed E-state index contributed by atoms with van der Waals surface area (Å²) in [5.41, 5.74) is 1.77. The highest BCUT2D eigenvalue weighted by Crippen LogP contribution is 2.23. The molecule has 0 bridgehead atoms. The molecular weight excluding hydrogens is 375 g/mol. The van der Waals surface area contributed by atoms with Gasteiger partial charge in [0.1, 0.15) is 11.4 Å². The van der Waals surface area contributed by atoms with E-state index in [-0.39, 0.29) is 24.4 Å². The molecule has 3 atom stereocenters. The van der Waals surface area contributed by atoms with Crippen molar-refractivity contribution in [3.8, 4) is 0 Å². The van der Waals surface area contributed by atoms with E-state index in [9.17, 15) is 14.3 Å². The number of hydrogen-bond acceptors (Lipinski definition) is 6. The minimum Gasteiger partial charge on any atom is -0.444 e. The van der Waals surface area contributed by atoms with Gasteiger partial charge in [0.2, 0.25) is 0 Å². The van der Waals surface area contributed by atoms with Gasteiger partial charge in [0.05, 0.1) is 22.8 Å². The number of alkyl carbamates (subject to hydrolysis) is 1. The van der Waals surface area contributed by atoms with Crippen LogP contribution < -0.4 is 10.6 Å². The summed E-state index contributed by atoms with van der Waals surface area (Å²) in [6.45, 7) is 7.48. The van der Waals surface area contributed by atoms with Crippen LogP contribution in [0.5, 0.6) is 0 Å². The van der Waals surface area contributed by atoms with Gasteiger partial charge in [-0.3, -0.25) is 4.98 Å². The van der Waals surface area contributed by atoms with Crippen molar-refractivity contribution in [1.82, 2.24) is 20.6 Å². The molecule has 0 unspecified atom stereocenters. The van der Waals surface area contributed by atoms with Crippen LogP contribution in [0.4, 0.5) is 9.18 Å². The number of fused-ring (bicyclic) bond motifs is 1. The van der Waals surface area contributed by atoms with Crippen molar-refractivity contribution in [2.45, 2.75) is 77.3 Å². The van der Waals surface area contributed by atoms with E-state index in [1.807, 2.05) is 6.92 Å². The Kier molecular flexibility index (Phi) is 6.33. The molecule has 1 aromatic heterocycles. The number of carbonyl (C=O) groups is 1. The van der Waals surface area contributed by atoms with Crippen LogP contribution in [-0.2, 0) is 11.3 Å².